The maximum atomic E-state index is 10.6. The Labute approximate surface area is 86.0 Å². The molecule has 0 aliphatic heterocycles. The normalized spacial score (nSPS) is 15.4. The molecule has 2 N–H and O–H groups in total. The van der Waals surface area contributed by atoms with Gasteiger partial charge in [0.15, 0.2) is 4.77 Å². The number of hydrogen-bond acceptors (Lipinski definition) is 3. The second-order valence-corrected chi connectivity index (χ2v) is 3.86. The molecule has 74 valence electrons. The van der Waals surface area contributed by atoms with Crippen molar-refractivity contribution in [2.75, 3.05) is 0 Å². The smallest absolute Gasteiger partial charge is 0.307 e. The Morgan fingerprint density at radius 3 is 3.00 bits per heavy atom. The van der Waals surface area contributed by atoms with Crippen molar-refractivity contribution >= 4 is 18.2 Å². The summed E-state index contributed by atoms with van der Waals surface area (Å²) in [6.07, 6.45) is 3.81. The Hall–Kier alpha value is -1.23. The van der Waals surface area contributed by atoms with E-state index in [9.17, 15) is 4.79 Å². The number of H-pyrrole nitrogens is 1. The standard InChI is InChI=1S/C9H10N2O2S/c12-7(13)3-6-4-10-9(14)11-8(6)5-1-2-5/h4-5H,1-3H2,(H,12,13)(H,10,11,14). The highest BCUT2D eigenvalue weighted by molar-refractivity contribution is 7.71. The van der Waals surface area contributed by atoms with E-state index in [0.29, 0.717) is 10.7 Å². The third-order valence-electron chi connectivity index (χ3n) is 2.25. The number of aliphatic carboxylic acids is 1. The van der Waals surface area contributed by atoms with E-state index in [1.54, 1.807) is 6.20 Å². The van der Waals surface area contributed by atoms with E-state index >= 15 is 0 Å². The fourth-order valence-electron chi connectivity index (χ4n) is 1.47. The summed E-state index contributed by atoms with van der Waals surface area (Å²) in [6, 6.07) is 0. The molecule has 1 aromatic rings. The van der Waals surface area contributed by atoms with Crippen LogP contribution in [-0.2, 0) is 11.2 Å². The van der Waals surface area contributed by atoms with E-state index in [1.165, 1.54) is 0 Å². The fraction of sp³-hybridized carbons (Fsp3) is 0.444. The minimum Gasteiger partial charge on any atom is -0.481 e. The van der Waals surface area contributed by atoms with Gasteiger partial charge >= 0.3 is 5.97 Å². The van der Waals surface area contributed by atoms with Crippen molar-refractivity contribution in [3.8, 4) is 0 Å². The van der Waals surface area contributed by atoms with E-state index in [2.05, 4.69) is 9.97 Å². The van der Waals surface area contributed by atoms with Crippen LogP contribution in [0.4, 0.5) is 0 Å². The molecule has 14 heavy (non-hydrogen) atoms. The average Bonchev–Trinajstić information content (AvgIpc) is 2.90. The molecule has 1 aliphatic carbocycles. The highest BCUT2D eigenvalue weighted by Crippen LogP contribution is 2.40. The third kappa shape index (κ3) is 1.98. The maximum absolute atomic E-state index is 10.6. The molecule has 1 aliphatic rings. The topological polar surface area (TPSA) is 66.0 Å². The van der Waals surface area contributed by atoms with Crippen LogP contribution in [-0.4, -0.2) is 21.0 Å². The first-order chi connectivity index (χ1) is 6.66. The van der Waals surface area contributed by atoms with Crippen LogP contribution in [0.15, 0.2) is 6.20 Å². The minimum absolute atomic E-state index is 0.0188. The summed E-state index contributed by atoms with van der Waals surface area (Å²) in [4.78, 5) is 17.5. The Balaban J connectivity index is 2.37. The summed E-state index contributed by atoms with van der Waals surface area (Å²) < 4.78 is 0.432. The molecule has 5 heteroatoms. The number of nitrogens with one attached hydrogen (secondary N) is 1. The fourth-order valence-corrected chi connectivity index (χ4v) is 1.64. The van der Waals surface area contributed by atoms with Crippen LogP contribution in [0.1, 0.15) is 30.0 Å². The molecule has 0 saturated heterocycles. The van der Waals surface area contributed by atoms with Crippen LogP contribution >= 0.6 is 12.2 Å². The van der Waals surface area contributed by atoms with Crippen molar-refractivity contribution < 1.29 is 9.90 Å². The Kier molecular flexibility index (Phi) is 2.33. The van der Waals surface area contributed by atoms with Crippen LogP contribution in [0.5, 0.6) is 0 Å². The third-order valence-corrected chi connectivity index (χ3v) is 2.46. The molecule has 1 heterocycles. The van der Waals surface area contributed by atoms with Gasteiger partial charge in [0.1, 0.15) is 0 Å². The highest BCUT2D eigenvalue weighted by Gasteiger charge is 2.27. The van der Waals surface area contributed by atoms with E-state index < -0.39 is 5.97 Å². The Morgan fingerprint density at radius 1 is 1.71 bits per heavy atom. The van der Waals surface area contributed by atoms with Gasteiger partial charge in [-0.2, -0.15) is 0 Å². The molecule has 0 atom stereocenters. The predicted octanol–water partition coefficient (Wildman–Crippen LogP) is 1.64. The van der Waals surface area contributed by atoms with Gasteiger partial charge in [-0.3, -0.25) is 4.79 Å². The summed E-state index contributed by atoms with van der Waals surface area (Å²) in [5.74, 6) is -0.367. The summed E-state index contributed by atoms with van der Waals surface area (Å²) in [5.41, 5.74) is 1.72. The quantitative estimate of drug-likeness (QED) is 0.744. The van der Waals surface area contributed by atoms with Crippen LogP contribution in [0.2, 0.25) is 0 Å². The van der Waals surface area contributed by atoms with Gasteiger partial charge in [-0.05, 0) is 31.0 Å². The SMILES string of the molecule is O=C(O)Cc1cnc(=S)[nH]c1C1CC1. The summed E-state index contributed by atoms with van der Waals surface area (Å²) >= 11 is 4.91. The number of carbonyl (C=O) groups is 1. The Bertz CT molecular complexity index is 423. The van der Waals surface area contributed by atoms with Gasteiger partial charge < -0.3 is 10.1 Å². The van der Waals surface area contributed by atoms with Crippen molar-refractivity contribution in [2.24, 2.45) is 0 Å². The van der Waals surface area contributed by atoms with Gasteiger partial charge in [-0.25, -0.2) is 4.98 Å². The molecule has 2 rings (SSSR count). The first-order valence-electron chi connectivity index (χ1n) is 4.46. The zero-order chi connectivity index (χ0) is 10.1. The lowest BCUT2D eigenvalue weighted by molar-refractivity contribution is -0.136. The minimum atomic E-state index is -0.834. The molecule has 1 fully saturated rings. The number of hydrogen-bond donors (Lipinski definition) is 2. The van der Waals surface area contributed by atoms with Crippen molar-refractivity contribution in [1.29, 1.82) is 0 Å². The van der Waals surface area contributed by atoms with Crippen molar-refractivity contribution in [3.63, 3.8) is 0 Å². The first kappa shape index (κ1) is 9.33. The number of rotatable bonds is 3. The summed E-state index contributed by atoms with van der Waals surface area (Å²) in [6.45, 7) is 0. The molecular weight excluding hydrogens is 200 g/mol. The second kappa shape index (κ2) is 3.49. The van der Waals surface area contributed by atoms with Crippen LogP contribution in [0, 0.1) is 4.77 Å². The van der Waals surface area contributed by atoms with E-state index in [-0.39, 0.29) is 6.42 Å². The van der Waals surface area contributed by atoms with Gasteiger partial charge in [-0.1, -0.05) is 0 Å². The molecule has 0 aromatic carbocycles. The maximum Gasteiger partial charge on any atom is 0.307 e. The lowest BCUT2D eigenvalue weighted by Gasteiger charge is -2.04. The number of carboxylic acid groups (broad SMARTS) is 1. The van der Waals surface area contributed by atoms with E-state index in [0.717, 1.165) is 24.1 Å². The van der Waals surface area contributed by atoms with Crippen LogP contribution in [0.3, 0.4) is 0 Å². The zero-order valence-corrected chi connectivity index (χ0v) is 8.30. The molecule has 1 aromatic heterocycles. The monoisotopic (exact) mass is 210 g/mol. The van der Waals surface area contributed by atoms with E-state index in [1.807, 2.05) is 0 Å². The number of aromatic amines is 1. The molecule has 0 amide bonds. The van der Waals surface area contributed by atoms with Crippen LogP contribution < -0.4 is 0 Å². The zero-order valence-electron chi connectivity index (χ0n) is 7.49. The Morgan fingerprint density at radius 2 is 2.43 bits per heavy atom. The number of carboxylic acids is 1. The largest absolute Gasteiger partial charge is 0.481 e. The van der Waals surface area contributed by atoms with Gasteiger partial charge in [0.05, 0.1) is 6.42 Å². The van der Waals surface area contributed by atoms with Crippen LogP contribution in [0.25, 0.3) is 0 Å². The second-order valence-electron chi connectivity index (χ2n) is 3.47. The van der Waals surface area contributed by atoms with Crippen molar-refractivity contribution in [3.05, 3.63) is 22.2 Å². The lowest BCUT2D eigenvalue weighted by Crippen LogP contribution is -2.05. The van der Waals surface area contributed by atoms with Gasteiger partial charge in [0.2, 0.25) is 0 Å². The number of aromatic nitrogens is 2. The highest BCUT2D eigenvalue weighted by atomic mass is 32.1. The molecule has 0 spiro atoms. The van der Waals surface area contributed by atoms with Gasteiger partial charge in [-0.15, -0.1) is 0 Å². The van der Waals surface area contributed by atoms with E-state index in [4.69, 9.17) is 17.3 Å². The van der Waals surface area contributed by atoms with Crippen molar-refractivity contribution in [2.45, 2.75) is 25.2 Å². The van der Waals surface area contributed by atoms with Gasteiger partial charge in [0.25, 0.3) is 0 Å². The predicted molar refractivity (Wildman–Crippen MR) is 52.7 cm³/mol. The molecule has 0 radical (unpaired) electrons. The lowest BCUT2D eigenvalue weighted by atomic mass is 10.1. The average molecular weight is 210 g/mol. The summed E-state index contributed by atoms with van der Waals surface area (Å²) in [7, 11) is 0. The molecule has 1 saturated carbocycles. The molecule has 4 nitrogen and oxygen atoms in total. The first-order valence-corrected chi connectivity index (χ1v) is 4.87. The molecule has 0 bridgehead atoms. The molecular formula is C9H10N2O2S. The van der Waals surface area contributed by atoms with Crippen molar-refractivity contribution in [1.82, 2.24) is 9.97 Å². The molecule has 0 unspecified atom stereocenters. The van der Waals surface area contributed by atoms with Gasteiger partial charge in [0, 0.05) is 17.5 Å². The summed E-state index contributed by atoms with van der Waals surface area (Å²) in [5, 5.41) is 8.70. The number of nitrogens with zero attached hydrogens (tertiary/aromatic N) is 1.